The molecule has 3 heteroatoms. The van der Waals surface area contributed by atoms with Crippen molar-refractivity contribution in [3.63, 3.8) is 0 Å². The number of halogens is 1. The Labute approximate surface area is 121 Å². The zero-order valence-corrected chi connectivity index (χ0v) is 12.4. The van der Waals surface area contributed by atoms with Crippen LogP contribution in [0.1, 0.15) is 36.1 Å². The van der Waals surface area contributed by atoms with E-state index in [2.05, 4.69) is 27.0 Å². The zero-order chi connectivity index (χ0) is 13.5. The minimum absolute atomic E-state index is 0.0740. The van der Waals surface area contributed by atoms with E-state index in [-0.39, 0.29) is 5.92 Å². The molecule has 0 radical (unpaired) electrons. The molecule has 0 fully saturated rings. The summed E-state index contributed by atoms with van der Waals surface area (Å²) >= 11 is 3.43. The Morgan fingerprint density at radius 2 is 2.00 bits per heavy atom. The van der Waals surface area contributed by atoms with Crippen molar-refractivity contribution in [2.45, 2.75) is 31.3 Å². The van der Waals surface area contributed by atoms with Crippen molar-refractivity contribution in [2.24, 2.45) is 0 Å². The average molecular weight is 318 g/mol. The number of hydrogen-bond donors (Lipinski definition) is 1. The first-order valence-electron chi connectivity index (χ1n) is 6.51. The fraction of sp³-hybridized carbons (Fsp3) is 0.312. The van der Waals surface area contributed by atoms with Gasteiger partial charge in [0.15, 0.2) is 0 Å². The van der Waals surface area contributed by atoms with Crippen LogP contribution in [0.4, 0.5) is 0 Å². The second-order valence-electron chi connectivity index (χ2n) is 5.29. The molecule has 0 amide bonds. The molecule has 98 valence electrons. The highest BCUT2D eigenvalue weighted by Gasteiger charge is 2.39. The Hall–Kier alpha value is -1.19. The molecule has 1 aliphatic rings. The van der Waals surface area contributed by atoms with Gasteiger partial charge in [-0.15, -0.1) is 0 Å². The highest BCUT2D eigenvalue weighted by Crippen LogP contribution is 2.44. The summed E-state index contributed by atoms with van der Waals surface area (Å²) in [4.78, 5) is 4.48. The van der Waals surface area contributed by atoms with Crippen LogP contribution in [-0.4, -0.2) is 10.1 Å². The molecule has 1 N–H and O–H groups in total. The molecule has 0 aliphatic heterocycles. The summed E-state index contributed by atoms with van der Waals surface area (Å²) < 4.78 is 1.02. The number of aromatic nitrogens is 1. The van der Waals surface area contributed by atoms with Gasteiger partial charge in [0, 0.05) is 22.3 Å². The van der Waals surface area contributed by atoms with E-state index in [1.807, 2.05) is 43.5 Å². The number of hydrogen-bond acceptors (Lipinski definition) is 2. The van der Waals surface area contributed by atoms with Gasteiger partial charge in [-0.25, -0.2) is 0 Å². The average Bonchev–Trinajstić information content (AvgIpc) is 2.83. The molecule has 0 spiro atoms. The van der Waals surface area contributed by atoms with Gasteiger partial charge >= 0.3 is 0 Å². The summed E-state index contributed by atoms with van der Waals surface area (Å²) in [6, 6.07) is 12.0. The van der Waals surface area contributed by atoms with Crippen LogP contribution in [-0.2, 0) is 12.0 Å². The highest BCUT2D eigenvalue weighted by molar-refractivity contribution is 9.10. The molecule has 2 atom stereocenters. The van der Waals surface area contributed by atoms with Crippen LogP contribution >= 0.6 is 15.9 Å². The summed E-state index contributed by atoms with van der Waals surface area (Å²) in [5, 5.41) is 11.0. The maximum absolute atomic E-state index is 11.0. The van der Waals surface area contributed by atoms with E-state index in [1.165, 1.54) is 5.56 Å². The van der Waals surface area contributed by atoms with E-state index in [9.17, 15) is 5.11 Å². The summed E-state index contributed by atoms with van der Waals surface area (Å²) in [7, 11) is 0. The highest BCUT2D eigenvalue weighted by atomic mass is 79.9. The van der Waals surface area contributed by atoms with E-state index >= 15 is 0 Å². The molecular weight excluding hydrogens is 302 g/mol. The summed E-state index contributed by atoms with van der Waals surface area (Å²) in [6.07, 6.45) is 3.77. The van der Waals surface area contributed by atoms with E-state index < -0.39 is 5.60 Å². The summed E-state index contributed by atoms with van der Waals surface area (Å²) in [5.74, 6) is 0.0740. The number of rotatable bonds is 2. The molecule has 1 aromatic heterocycles. The molecule has 3 rings (SSSR count). The smallest absolute Gasteiger partial charge is 0.0952 e. The molecule has 0 saturated carbocycles. The fourth-order valence-electron chi connectivity index (χ4n) is 2.95. The van der Waals surface area contributed by atoms with Gasteiger partial charge in [-0.2, -0.15) is 0 Å². The molecule has 2 aromatic rings. The number of aryl methyl sites for hydroxylation is 1. The van der Waals surface area contributed by atoms with Gasteiger partial charge in [0.05, 0.1) is 5.60 Å². The van der Waals surface area contributed by atoms with Crippen molar-refractivity contribution < 1.29 is 5.11 Å². The van der Waals surface area contributed by atoms with Crippen molar-refractivity contribution in [1.82, 2.24) is 4.98 Å². The van der Waals surface area contributed by atoms with Crippen LogP contribution in [0.15, 0.2) is 47.1 Å². The molecule has 0 bridgehead atoms. The SMILES string of the molecule is CC(O)(c1ccc(Br)cc1)C1CCc2cccnc21. The topological polar surface area (TPSA) is 33.1 Å². The molecule has 1 aromatic carbocycles. The predicted molar refractivity (Wildman–Crippen MR) is 79.0 cm³/mol. The Kier molecular flexibility index (Phi) is 3.19. The lowest BCUT2D eigenvalue weighted by Gasteiger charge is -2.30. The number of pyridine rings is 1. The van der Waals surface area contributed by atoms with Gasteiger partial charge < -0.3 is 5.11 Å². The van der Waals surface area contributed by atoms with Crippen LogP contribution < -0.4 is 0 Å². The Balaban J connectivity index is 2.00. The van der Waals surface area contributed by atoms with Gasteiger partial charge in [0.1, 0.15) is 0 Å². The summed E-state index contributed by atoms with van der Waals surface area (Å²) in [5.41, 5.74) is 2.39. The minimum atomic E-state index is -0.875. The normalized spacial score (nSPS) is 20.9. The van der Waals surface area contributed by atoms with E-state index in [1.54, 1.807) is 0 Å². The Morgan fingerprint density at radius 1 is 1.26 bits per heavy atom. The van der Waals surface area contributed by atoms with Gasteiger partial charge in [0.2, 0.25) is 0 Å². The zero-order valence-electron chi connectivity index (χ0n) is 10.8. The van der Waals surface area contributed by atoms with Crippen molar-refractivity contribution in [1.29, 1.82) is 0 Å². The van der Waals surface area contributed by atoms with E-state index in [0.717, 1.165) is 28.6 Å². The van der Waals surface area contributed by atoms with Gasteiger partial charge in [-0.3, -0.25) is 4.98 Å². The molecule has 2 unspecified atom stereocenters. The molecule has 19 heavy (non-hydrogen) atoms. The third kappa shape index (κ3) is 2.21. The van der Waals surface area contributed by atoms with Crippen molar-refractivity contribution in [2.75, 3.05) is 0 Å². The number of aliphatic hydroxyl groups is 1. The second kappa shape index (κ2) is 4.73. The first kappa shape index (κ1) is 12.8. The van der Waals surface area contributed by atoms with Gasteiger partial charge in [0.25, 0.3) is 0 Å². The quantitative estimate of drug-likeness (QED) is 0.914. The van der Waals surface area contributed by atoms with Crippen LogP contribution in [0.5, 0.6) is 0 Å². The first-order chi connectivity index (χ1) is 9.09. The molecule has 0 saturated heterocycles. The van der Waals surface area contributed by atoms with Gasteiger partial charge in [-0.05, 0) is 49.1 Å². The second-order valence-corrected chi connectivity index (χ2v) is 6.21. The largest absolute Gasteiger partial charge is 0.385 e. The maximum Gasteiger partial charge on any atom is 0.0952 e. The van der Waals surface area contributed by atoms with Crippen LogP contribution in [0, 0.1) is 0 Å². The summed E-state index contributed by atoms with van der Waals surface area (Å²) in [6.45, 7) is 1.89. The van der Waals surface area contributed by atoms with Crippen LogP contribution in [0.3, 0.4) is 0 Å². The number of nitrogens with zero attached hydrogens (tertiary/aromatic N) is 1. The third-order valence-corrected chi connectivity index (χ3v) is 4.59. The van der Waals surface area contributed by atoms with Crippen molar-refractivity contribution in [3.05, 3.63) is 63.9 Å². The van der Waals surface area contributed by atoms with Crippen LogP contribution in [0.25, 0.3) is 0 Å². The minimum Gasteiger partial charge on any atom is -0.385 e. The standard InChI is InChI=1S/C16H16BrNO/c1-16(19,12-5-7-13(17)8-6-12)14-9-4-11-3-2-10-18-15(11)14/h2-3,5-8,10,14,19H,4,9H2,1H3. The Bertz CT molecular complexity index is 592. The van der Waals surface area contributed by atoms with E-state index in [4.69, 9.17) is 0 Å². The number of benzene rings is 1. The molecule has 1 aliphatic carbocycles. The third-order valence-electron chi connectivity index (χ3n) is 4.07. The van der Waals surface area contributed by atoms with Crippen molar-refractivity contribution >= 4 is 15.9 Å². The van der Waals surface area contributed by atoms with Gasteiger partial charge in [-0.1, -0.05) is 34.1 Å². The lowest BCUT2D eigenvalue weighted by atomic mass is 9.81. The molecule has 2 nitrogen and oxygen atoms in total. The molecular formula is C16H16BrNO. The Morgan fingerprint density at radius 3 is 2.74 bits per heavy atom. The molecule has 1 heterocycles. The maximum atomic E-state index is 11.0. The lowest BCUT2D eigenvalue weighted by molar-refractivity contribution is 0.0256. The van der Waals surface area contributed by atoms with Crippen molar-refractivity contribution in [3.8, 4) is 0 Å². The predicted octanol–water partition coefficient (Wildman–Crippen LogP) is 3.78. The first-order valence-corrected chi connectivity index (χ1v) is 7.30. The van der Waals surface area contributed by atoms with E-state index in [0.29, 0.717) is 0 Å². The number of fused-ring (bicyclic) bond motifs is 1. The lowest BCUT2D eigenvalue weighted by Crippen LogP contribution is -2.29. The fourth-order valence-corrected chi connectivity index (χ4v) is 3.21. The van der Waals surface area contributed by atoms with Crippen LogP contribution in [0.2, 0.25) is 0 Å². The monoisotopic (exact) mass is 317 g/mol.